The van der Waals surface area contributed by atoms with Crippen molar-refractivity contribution in [2.75, 3.05) is 12.8 Å². The molecule has 1 aromatic rings. The summed E-state index contributed by atoms with van der Waals surface area (Å²) in [5, 5.41) is 5.03. The number of amides is 1. The molecule has 0 heterocycles. The van der Waals surface area contributed by atoms with Crippen molar-refractivity contribution in [2.45, 2.75) is 0 Å². The van der Waals surface area contributed by atoms with Gasteiger partial charge in [-0.1, -0.05) is 12.1 Å². The molecule has 4 nitrogen and oxygen atoms in total. The Morgan fingerprint density at radius 1 is 1.38 bits per heavy atom. The second-order valence-corrected chi connectivity index (χ2v) is 2.59. The maximum absolute atomic E-state index is 10.2. The highest BCUT2D eigenvalue weighted by Crippen LogP contribution is 2.02. The van der Waals surface area contributed by atoms with E-state index in [4.69, 9.17) is 5.73 Å². The zero-order valence-electron chi connectivity index (χ0n) is 7.34. The third-order valence-corrected chi connectivity index (χ3v) is 1.48. The number of anilines is 1. The van der Waals surface area contributed by atoms with Gasteiger partial charge in [0.05, 0.1) is 6.21 Å². The molecule has 0 radical (unpaired) electrons. The second-order valence-electron chi connectivity index (χ2n) is 2.59. The van der Waals surface area contributed by atoms with Gasteiger partial charge in [-0.25, -0.2) is 5.01 Å². The summed E-state index contributed by atoms with van der Waals surface area (Å²) in [5.74, 6) is 0. The molecule has 2 N–H and O–H groups in total. The van der Waals surface area contributed by atoms with Crippen LogP contribution in [0.3, 0.4) is 0 Å². The molecule has 0 atom stereocenters. The molecule has 0 aromatic heterocycles. The summed E-state index contributed by atoms with van der Waals surface area (Å²) in [5.41, 5.74) is 7.11. The van der Waals surface area contributed by atoms with Crippen LogP contribution in [-0.4, -0.2) is 24.7 Å². The largest absolute Gasteiger partial charge is 0.399 e. The molecule has 0 saturated carbocycles. The van der Waals surface area contributed by atoms with E-state index in [1.807, 2.05) is 12.1 Å². The lowest BCUT2D eigenvalue weighted by Gasteiger charge is -2.00. The highest BCUT2D eigenvalue weighted by molar-refractivity contribution is 5.80. The number of benzene rings is 1. The van der Waals surface area contributed by atoms with Gasteiger partial charge >= 0.3 is 0 Å². The zero-order valence-corrected chi connectivity index (χ0v) is 7.34. The van der Waals surface area contributed by atoms with E-state index in [1.54, 1.807) is 25.4 Å². The molecule has 0 aliphatic carbocycles. The van der Waals surface area contributed by atoms with E-state index in [-0.39, 0.29) is 0 Å². The minimum absolute atomic E-state index is 0.633. The van der Waals surface area contributed by atoms with Gasteiger partial charge in [0.2, 0.25) is 6.41 Å². The molecule has 68 valence electrons. The average molecular weight is 177 g/mol. The van der Waals surface area contributed by atoms with E-state index in [9.17, 15) is 4.79 Å². The van der Waals surface area contributed by atoms with Crippen molar-refractivity contribution in [3.63, 3.8) is 0 Å². The molecule has 1 aromatic carbocycles. The van der Waals surface area contributed by atoms with Crippen molar-refractivity contribution in [2.24, 2.45) is 5.10 Å². The standard InChI is InChI=1S/C9H11N3O/c1-12(7-13)11-6-8-2-4-9(10)5-3-8/h2-7H,10H2,1H3/b11-6+. The van der Waals surface area contributed by atoms with Crippen molar-refractivity contribution < 1.29 is 4.79 Å². The van der Waals surface area contributed by atoms with E-state index in [2.05, 4.69) is 5.10 Å². The van der Waals surface area contributed by atoms with Crippen LogP contribution in [0.1, 0.15) is 5.56 Å². The molecule has 0 unspecified atom stereocenters. The van der Waals surface area contributed by atoms with Gasteiger partial charge in [0.15, 0.2) is 0 Å². The fraction of sp³-hybridized carbons (Fsp3) is 0.111. The van der Waals surface area contributed by atoms with Gasteiger partial charge in [-0.2, -0.15) is 5.10 Å². The zero-order chi connectivity index (χ0) is 9.68. The molecule has 0 aliphatic rings. The molecular weight excluding hydrogens is 166 g/mol. The number of nitrogens with zero attached hydrogens (tertiary/aromatic N) is 2. The van der Waals surface area contributed by atoms with Gasteiger partial charge in [0.25, 0.3) is 0 Å². The number of nitrogens with two attached hydrogens (primary N) is 1. The predicted molar refractivity (Wildman–Crippen MR) is 52.3 cm³/mol. The van der Waals surface area contributed by atoms with Gasteiger partial charge in [-0.3, -0.25) is 4.79 Å². The Kier molecular flexibility index (Phi) is 3.03. The number of nitrogen functional groups attached to an aromatic ring is 1. The van der Waals surface area contributed by atoms with Gasteiger partial charge < -0.3 is 5.73 Å². The molecule has 0 saturated heterocycles. The molecular formula is C9H11N3O. The highest BCUT2D eigenvalue weighted by atomic mass is 16.1. The lowest BCUT2D eigenvalue weighted by Crippen LogP contribution is -2.07. The van der Waals surface area contributed by atoms with E-state index < -0.39 is 0 Å². The van der Waals surface area contributed by atoms with Crippen LogP contribution < -0.4 is 5.73 Å². The third-order valence-electron chi connectivity index (χ3n) is 1.48. The first-order valence-electron chi connectivity index (χ1n) is 3.80. The first-order valence-corrected chi connectivity index (χ1v) is 3.80. The van der Waals surface area contributed by atoms with Crippen LogP contribution in [0.15, 0.2) is 29.4 Å². The van der Waals surface area contributed by atoms with Crippen molar-refractivity contribution in [1.82, 2.24) is 5.01 Å². The summed E-state index contributed by atoms with van der Waals surface area (Å²) in [6, 6.07) is 7.22. The normalized spacial score (nSPS) is 10.2. The van der Waals surface area contributed by atoms with Crippen LogP contribution in [0.2, 0.25) is 0 Å². The van der Waals surface area contributed by atoms with Gasteiger partial charge in [0, 0.05) is 12.7 Å². The van der Waals surface area contributed by atoms with Crippen LogP contribution in [0, 0.1) is 0 Å². The maximum Gasteiger partial charge on any atom is 0.229 e. The molecule has 0 fully saturated rings. The lowest BCUT2D eigenvalue weighted by molar-refractivity contribution is -0.116. The second kappa shape index (κ2) is 4.25. The Hall–Kier alpha value is -1.84. The minimum Gasteiger partial charge on any atom is -0.399 e. The summed E-state index contributed by atoms with van der Waals surface area (Å²) >= 11 is 0. The fourth-order valence-corrected chi connectivity index (χ4v) is 0.767. The Bertz CT molecular complexity index is 305. The molecule has 4 heteroatoms. The highest BCUT2D eigenvalue weighted by Gasteiger charge is 1.88. The summed E-state index contributed by atoms with van der Waals surface area (Å²) < 4.78 is 0. The maximum atomic E-state index is 10.2. The first kappa shape index (κ1) is 9.25. The molecule has 1 amide bonds. The first-order chi connectivity index (χ1) is 6.22. The SMILES string of the molecule is CN(C=O)/N=C/c1ccc(N)cc1. The number of rotatable bonds is 3. The van der Waals surface area contributed by atoms with E-state index in [0.717, 1.165) is 5.56 Å². The molecule has 1 rings (SSSR count). The van der Waals surface area contributed by atoms with Gasteiger partial charge in [-0.05, 0) is 17.7 Å². The lowest BCUT2D eigenvalue weighted by atomic mass is 10.2. The Morgan fingerprint density at radius 2 is 2.00 bits per heavy atom. The summed E-state index contributed by atoms with van der Waals surface area (Å²) in [6.07, 6.45) is 2.22. The van der Waals surface area contributed by atoms with Gasteiger partial charge in [-0.15, -0.1) is 0 Å². The number of hydrazone groups is 1. The molecule has 0 aliphatic heterocycles. The fourth-order valence-electron chi connectivity index (χ4n) is 0.767. The third kappa shape index (κ3) is 2.94. The summed E-state index contributed by atoms with van der Waals surface area (Å²) in [4.78, 5) is 10.2. The Morgan fingerprint density at radius 3 is 2.54 bits per heavy atom. The average Bonchev–Trinajstić information content (AvgIpc) is 2.16. The van der Waals surface area contributed by atoms with E-state index >= 15 is 0 Å². The van der Waals surface area contributed by atoms with Gasteiger partial charge in [0.1, 0.15) is 0 Å². The van der Waals surface area contributed by atoms with Crippen LogP contribution in [0.25, 0.3) is 0 Å². The van der Waals surface area contributed by atoms with Crippen molar-refractivity contribution in [3.05, 3.63) is 29.8 Å². The van der Waals surface area contributed by atoms with Crippen molar-refractivity contribution in [1.29, 1.82) is 0 Å². The summed E-state index contributed by atoms with van der Waals surface area (Å²) in [7, 11) is 1.57. The van der Waals surface area contributed by atoms with Crippen LogP contribution in [0.4, 0.5) is 5.69 Å². The molecule has 0 spiro atoms. The number of carbonyl (C=O) groups excluding carboxylic acids is 1. The number of hydrogen-bond acceptors (Lipinski definition) is 3. The monoisotopic (exact) mass is 177 g/mol. The van der Waals surface area contributed by atoms with Crippen LogP contribution >= 0.6 is 0 Å². The number of hydrogen-bond donors (Lipinski definition) is 1. The quantitative estimate of drug-likeness (QED) is 0.319. The van der Waals surface area contributed by atoms with Crippen LogP contribution in [-0.2, 0) is 4.79 Å². The Labute approximate surface area is 76.7 Å². The smallest absolute Gasteiger partial charge is 0.229 e. The van der Waals surface area contributed by atoms with E-state index in [0.29, 0.717) is 12.1 Å². The van der Waals surface area contributed by atoms with Crippen molar-refractivity contribution >= 4 is 18.3 Å². The molecule has 13 heavy (non-hydrogen) atoms. The Balaban J connectivity index is 2.69. The topological polar surface area (TPSA) is 58.7 Å². The predicted octanol–water partition coefficient (Wildman–Crippen LogP) is 0.691. The van der Waals surface area contributed by atoms with Crippen LogP contribution in [0.5, 0.6) is 0 Å². The minimum atomic E-state index is 0.633. The van der Waals surface area contributed by atoms with Crippen molar-refractivity contribution in [3.8, 4) is 0 Å². The van der Waals surface area contributed by atoms with E-state index in [1.165, 1.54) is 5.01 Å². The number of carbonyl (C=O) groups is 1. The summed E-state index contributed by atoms with van der Waals surface area (Å²) in [6.45, 7) is 0. The molecule has 0 bridgehead atoms.